The predicted molar refractivity (Wildman–Crippen MR) is 416 cm³/mol. The van der Waals surface area contributed by atoms with Crippen molar-refractivity contribution in [1.82, 2.24) is 19.8 Å². The topological polar surface area (TPSA) is 177 Å². The highest BCUT2D eigenvalue weighted by Gasteiger charge is 2.23. The number of piperazine rings is 2. The number of nitrogens with zero attached hydrogens (tertiary/aromatic N) is 4. The van der Waals surface area contributed by atoms with E-state index in [0.29, 0.717) is 67.2 Å². The van der Waals surface area contributed by atoms with Crippen LogP contribution in [0.2, 0.25) is 20.1 Å². The number of hydrogen-bond acceptors (Lipinski definition) is 16. The lowest BCUT2D eigenvalue weighted by atomic mass is 10.1. The fourth-order valence-corrected chi connectivity index (χ4v) is 13.1. The molecule has 2 aromatic heterocycles. The average Bonchev–Trinajstić information content (AvgIpc) is 1.60. The number of ether oxygens (including phenoxy) is 8. The second-order valence-corrected chi connectivity index (χ2v) is 25.9. The van der Waals surface area contributed by atoms with E-state index in [1.54, 1.807) is 89.1 Å². The van der Waals surface area contributed by atoms with E-state index in [1.165, 1.54) is 44.7 Å². The van der Waals surface area contributed by atoms with Crippen LogP contribution in [0.25, 0.3) is 21.8 Å². The summed E-state index contributed by atoms with van der Waals surface area (Å²) in [6.45, 7) is 23.4. The Kier molecular flexibility index (Phi) is 29.2. The number of carbonyl (C=O) groups excluding carboxylic acids is 2. The standard InChI is InChI=1S/2C23H29N3O2.2C17H17Cl2NO3/c2*1-17-19(20-15-22(27-2)23(28-3)16-21(20)24-17)9-10-25-11-13-26(14-12-25)18-7-5-4-6-8-18;2*1-3-22-10-23-17(21)12-6-4-5-7-14(12)20-16-13(18)9-8-11(2)15(16)19/h2*4-8,15-16,24H,9-14H2,1-3H3;2*4-9,20H,3,10H2,1-2H3. The Morgan fingerprint density at radius 2 is 0.784 bits per heavy atom. The third kappa shape index (κ3) is 20.3. The van der Waals surface area contributed by atoms with Gasteiger partial charge in [0, 0.05) is 135 Å². The lowest BCUT2D eigenvalue weighted by molar-refractivity contribution is -0.0281. The molecule has 10 aromatic rings. The molecule has 8 aromatic carbocycles. The maximum absolute atomic E-state index is 12.2. The highest BCUT2D eigenvalue weighted by atomic mass is 35.5. The minimum absolute atomic E-state index is 0.0877. The number of hydrogen-bond donors (Lipinski definition) is 4. The molecule has 18 nitrogen and oxygen atoms in total. The average molecular weight is 1470 g/mol. The molecule has 4 N–H and O–H groups in total. The van der Waals surface area contributed by atoms with E-state index in [1.807, 2.05) is 52.0 Å². The van der Waals surface area contributed by atoms with Crippen LogP contribution in [0.4, 0.5) is 34.1 Å². The molecule has 102 heavy (non-hydrogen) atoms. The summed E-state index contributed by atoms with van der Waals surface area (Å²) in [5.74, 6) is 2.13. The van der Waals surface area contributed by atoms with Crippen LogP contribution in [0.5, 0.6) is 23.0 Å². The molecule has 2 aliphatic heterocycles. The van der Waals surface area contributed by atoms with E-state index in [4.69, 9.17) is 84.3 Å². The van der Waals surface area contributed by atoms with Gasteiger partial charge in [0.15, 0.2) is 36.6 Å². The Labute approximate surface area is 618 Å². The molecule has 0 spiro atoms. The Morgan fingerprint density at radius 1 is 0.441 bits per heavy atom. The number of fused-ring (bicyclic) bond motifs is 2. The number of methoxy groups -OCH3 is 4. The van der Waals surface area contributed by atoms with Crippen LogP contribution < -0.4 is 39.4 Å². The molecular formula is C80H92Cl4N8O10. The summed E-state index contributed by atoms with van der Waals surface area (Å²) in [6.07, 6.45) is 2.07. The molecular weight excluding hydrogens is 1370 g/mol. The van der Waals surface area contributed by atoms with E-state index in [2.05, 4.69) is 127 Å². The van der Waals surface area contributed by atoms with Gasteiger partial charge in [-0.25, -0.2) is 9.59 Å². The highest BCUT2D eigenvalue weighted by molar-refractivity contribution is 6.40. The van der Waals surface area contributed by atoms with Crippen LogP contribution in [0.1, 0.15) is 68.2 Å². The largest absolute Gasteiger partial charge is 0.493 e. The summed E-state index contributed by atoms with van der Waals surface area (Å²) in [6, 6.07) is 50.8. The predicted octanol–water partition coefficient (Wildman–Crippen LogP) is 18.1. The first-order chi connectivity index (χ1) is 49.5. The van der Waals surface area contributed by atoms with Crippen molar-refractivity contribution in [3.8, 4) is 23.0 Å². The van der Waals surface area contributed by atoms with Gasteiger partial charge < -0.3 is 68.3 Å². The first-order valence-corrected chi connectivity index (χ1v) is 35.6. The van der Waals surface area contributed by atoms with Crippen molar-refractivity contribution in [2.75, 3.05) is 141 Å². The molecule has 2 aliphatic rings. The van der Waals surface area contributed by atoms with Gasteiger partial charge in [0.25, 0.3) is 0 Å². The zero-order valence-corrected chi connectivity index (χ0v) is 62.7. The van der Waals surface area contributed by atoms with E-state index in [-0.39, 0.29) is 13.6 Å². The van der Waals surface area contributed by atoms with Gasteiger partial charge >= 0.3 is 11.9 Å². The van der Waals surface area contributed by atoms with Crippen LogP contribution in [0, 0.1) is 27.7 Å². The second kappa shape index (κ2) is 38.4. The SMILES string of the molecule is CCOCOC(=O)c1ccccc1Nc1c(Cl)ccc(C)c1Cl.CCOCOC(=O)c1ccccc1Nc1c(Cl)ccc(C)c1Cl.COc1cc2[nH]c(C)c(CCN3CCN(c4ccccc4)CC3)c2cc1OC.COc1cc2[nH]c(C)c(CCN3CCN(c4ccccc4)CC3)c2cc1OC. The van der Waals surface area contributed by atoms with Gasteiger partial charge in [0.2, 0.25) is 0 Å². The quantitative estimate of drug-likeness (QED) is 0.0255. The normalized spacial score (nSPS) is 13.0. The van der Waals surface area contributed by atoms with Crippen LogP contribution in [-0.2, 0) is 31.8 Å². The number of anilines is 6. The number of benzene rings is 8. The summed E-state index contributed by atoms with van der Waals surface area (Å²) in [5.41, 5.74) is 14.8. The second-order valence-electron chi connectivity index (χ2n) is 24.3. The molecule has 0 atom stereocenters. The monoisotopic (exact) mass is 1460 g/mol. The molecule has 0 amide bonds. The molecule has 540 valence electrons. The Balaban J connectivity index is 0.000000159. The van der Waals surface area contributed by atoms with Crippen molar-refractivity contribution in [2.45, 2.75) is 54.4 Å². The van der Waals surface area contributed by atoms with E-state index < -0.39 is 11.9 Å². The summed E-state index contributed by atoms with van der Waals surface area (Å²) < 4.78 is 42.1. The van der Waals surface area contributed by atoms with E-state index in [0.717, 1.165) is 123 Å². The zero-order chi connectivity index (χ0) is 72.7. The molecule has 0 bridgehead atoms. The minimum atomic E-state index is -0.485. The van der Waals surface area contributed by atoms with Gasteiger partial charge in [-0.3, -0.25) is 9.80 Å². The molecule has 4 heterocycles. The number of esters is 2. The summed E-state index contributed by atoms with van der Waals surface area (Å²) in [4.78, 5) is 41.4. The first-order valence-electron chi connectivity index (χ1n) is 34.1. The summed E-state index contributed by atoms with van der Waals surface area (Å²) >= 11 is 25.0. The summed E-state index contributed by atoms with van der Waals surface area (Å²) in [5, 5.41) is 10.7. The minimum Gasteiger partial charge on any atom is -0.493 e. The van der Waals surface area contributed by atoms with Gasteiger partial charge in [-0.2, -0.15) is 0 Å². The molecule has 2 saturated heterocycles. The smallest absolute Gasteiger partial charge is 0.342 e. The number of H-pyrrole nitrogens is 2. The molecule has 12 rings (SSSR count). The van der Waals surface area contributed by atoms with Crippen LogP contribution in [0.3, 0.4) is 0 Å². The Hall–Kier alpha value is -8.82. The van der Waals surface area contributed by atoms with Crippen molar-refractivity contribution in [3.63, 3.8) is 0 Å². The number of aromatic amines is 2. The Bertz CT molecular complexity index is 4090. The molecule has 0 radical (unpaired) electrons. The van der Waals surface area contributed by atoms with Gasteiger partial charge in [-0.1, -0.05) is 119 Å². The van der Waals surface area contributed by atoms with Crippen molar-refractivity contribution < 1.29 is 47.5 Å². The molecule has 22 heteroatoms. The maximum Gasteiger partial charge on any atom is 0.342 e. The molecule has 2 fully saturated rings. The number of aromatic nitrogens is 2. The van der Waals surface area contributed by atoms with Crippen molar-refractivity contribution in [3.05, 3.63) is 223 Å². The summed E-state index contributed by atoms with van der Waals surface area (Å²) in [7, 11) is 6.73. The number of aryl methyl sites for hydroxylation is 4. The lowest BCUT2D eigenvalue weighted by Crippen LogP contribution is -2.47. The molecule has 0 saturated carbocycles. The molecule has 0 aliphatic carbocycles. The number of carbonyl (C=O) groups is 2. The van der Waals surface area contributed by atoms with Crippen LogP contribution in [-0.4, -0.2) is 152 Å². The van der Waals surface area contributed by atoms with Crippen molar-refractivity contribution in [1.29, 1.82) is 0 Å². The number of rotatable bonds is 24. The fraction of sp³-hybridized carbons (Fsp3) is 0.325. The van der Waals surface area contributed by atoms with Crippen LogP contribution in [0.15, 0.2) is 158 Å². The Morgan fingerprint density at radius 3 is 1.14 bits per heavy atom. The first kappa shape index (κ1) is 77.3. The highest BCUT2D eigenvalue weighted by Crippen LogP contribution is 2.40. The number of halogens is 4. The van der Waals surface area contributed by atoms with Gasteiger partial charge in [-0.05, 0) is 149 Å². The van der Waals surface area contributed by atoms with E-state index >= 15 is 0 Å². The lowest BCUT2D eigenvalue weighted by Gasteiger charge is -2.36. The number of nitrogens with one attached hydrogen (secondary N) is 4. The van der Waals surface area contributed by atoms with Gasteiger partial charge in [0.1, 0.15) is 0 Å². The van der Waals surface area contributed by atoms with Gasteiger partial charge in [0.05, 0.1) is 82.4 Å². The third-order valence-corrected chi connectivity index (χ3v) is 19.5. The molecule has 0 unspecified atom stereocenters. The van der Waals surface area contributed by atoms with Crippen LogP contribution >= 0.6 is 46.4 Å². The maximum atomic E-state index is 12.2. The van der Waals surface area contributed by atoms with Crippen molar-refractivity contribution in [2.24, 2.45) is 0 Å². The zero-order valence-electron chi connectivity index (χ0n) is 59.7. The number of para-hydroxylation sites is 4. The van der Waals surface area contributed by atoms with Crippen molar-refractivity contribution >= 4 is 114 Å². The van der Waals surface area contributed by atoms with E-state index in [9.17, 15) is 9.59 Å². The fourth-order valence-electron chi connectivity index (χ4n) is 12.2. The van der Waals surface area contributed by atoms with Gasteiger partial charge in [-0.15, -0.1) is 0 Å². The third-order valence-electron chi connectivity index (χ3n) is 17.9.